The molecule has 1 aliphatic carbocycles. The maximum absolute atomic E-state index is 14.1. The molecule has 1 saturated carbocycles. The lowest BCUT2D eigenvalue weighted by Crippen LogP contribution is -2.37. The van der Waals surface area contributed by atoms with E-state index in [1.54, 1.807) is 0 Å². The van der Waals surface area contributed by atoms with E-state index in [2.05, 4.69) is 11.7 Å². The van der Waals surface area contributed by atoms with Gasteiger partial charge in [-0.05, 0) is 31.6 Å². The molecule has 0 bridgehead atoms. The molecule has 0 spiro atoms. The van der Waals surface area contributed by atoms with Gasteiger partial charge in [0.2, 0.25) is 0 Å². The van der Waals surface area contributed by atoms with Crippen LogP contribution in [0.25, 0.3) is 0 Å². The van der Waals surface area contributed by atoms with Crippen LogP contribution in [0.15, 0.2) is 12.1 Å². The largest absolute Gasteiger partial charge is 0.432 e. The minimum absolute atomic E-state index is 0.309. The third-order valence-electron chi connectivity index (χ3n) is 4.23. The Kier molecular flexibility index (Phi) is 5.29. The topological polar surface area (TPSA) is 9.23 Å². The Morgan fingerprint density at radius 1 is 1.05 bits per heavy atom. The summed E-state index contributed by atoms with van der Waals surface area (Å²) in [6.07, 6.45) is 0.540. The van der Waals surface area contributed by atoms with Crippen molar-refractivity contribution in [2.45, 2.75) is 51.6 Å². The number of rotatable bonds is 5. The summed E-state index contributed by atoms with van der Waals surface area (Å²) in [5.74, 6) is -6.02. The van der Waals surface area contributed by atoms with Crippen molar-refractivity contribution in [1.29, 1.82) is 0 Å². The summed E-state index contributed by atoms with van der Waals surface area (Å²) in [5, 5.41) is 0. The molecule has 1 aromatic carbocycles. The summed E-state index contributed by atoms with van der Waals surface area (Å²) in [5.41, 5.74) is 0. The average molecular weight is 322 g/mol. The minimum atomic E-state index is -3.52. The first kappa shape index (κ1) is 17.0. The van der Waals surface area contributed by atoms with Crippen LogP contribution in [-0.4, -0.2) is 6.11 Å². The Bertz CT molecular complexity index is 486. The lowest BCUT2D eigenvalue weighted by Gasteiger charge is -2.33. The molecule has 2 rings (SSSR count). The van der Waals surface area contributed by atoms with Gasteiger partial charge in [0, 0.05) is 12.1 Å². The van der Waals surface area contributed by atoms with Gasteiger partial charge >= 0.3 is 6.11 Å². The van der Waals surface area contributed by atoms with Crippen LogP contribution in [0, 0.1) is 29.3 Å². The molecule has 6 heteroatoms. The molecule has 22 heavy (non-hydrogen) atoms. The molecule has 0 heterocycles. The van der Waals surface area contributed by atoms with E-state index in [1.807, 2.05) is 0 Å². The van der Waals surface area contributed by atoms with Crippen molar-refractivity contribution in [3.05, 3.63) is 29.6 Å². The summed E-state index contributed by atoms with van der Waals surface area (Å²) in [7, 11) is 0. The second-order valence-electron chi connectivity index (χ2n) is 5.87. The van der Waals surface area contributed by atoms with Crippen molar-refractivity contribution in [2.24, 2.45) is 11.8 Å². The van der Waals surface area contributed by atoms with Gasteiger partial charge in [-0.3, -0.25) is 0 Å². The zero-order chi connectivity index (χ0) is 16.3. The molecule has 0 aromatic heterocycles. The molecule has 124 valence electrons. The van der Waals surface area contributed by atoms with Crippen LogP contribution in [0.3, 0.4) is 0 Å². The van der Waals surface area contributed by atoms with E-state index in [9.17, 15) is 22.0 Å². The highest BCUT2D eigenvalue weighted by molar-refractivity contribution is 5.25. The number of halogens is 5. The normalized spacial score (nSPS) is 22.6. The Morgan fingerprint density at radius 3 is 2.09 bits per heavy atom. The van der Waals surface area contributed by atoms with Crippen molar-refractivity contribution in [3.8, 4) is 5.75 Å². The summed E-state index contributed by atoms with van der Waals surface area (Å²) >= 11 is 0. The van der Waals surface area contributed by atoms with Gasteiger partial charge in [-0.25, -0.2) is 13.2 Å². The Hall–Kier alpha value is -1.33. The van der Waals surface area contributed by atoms with Crippen LogP contribution >= 0.6 is 0 Å². The van der Waals surface area contributed by atoms with Crippen LogP contribution in [0.2, 0.25) is 0 Å². The predicted octanol–water partition coefficient (Wildman–Crippen LogP) is 5.68. The quantitative estimate of drug-likeness (QED) is 0.500. The van der Waals surface area contributed by atoms with E-state index < -0.39 is 35.2 Å². The molecule has 0 saturated heterocycles. The fourth-order valence-corrected chi connectivity index (χ4v) is 3.03. The van der Waals surface area contributed by atoms with Crippen molar-refractivity contribution < 1.29 is 26.7 Å². The van der Waals surface area contributed by atoms with Crippen molar-refractivity contribution in [2.75, 3.05) is 0 Å². The van der Waals surface area contributed by atoms with Gasteiger partial charge in [-0.1, -0.05) is 19.8 Å². The van der Waals surface area contributed by atoms with E-state index in [0.717, 1.165) is 12.8 Å². The van der Waals surface area contributed by atoms with Crippen molar-refractivity contribution in [1.82, 2.24) is 0 Å². The first-order valence-electron chi connectivity index (χ1n) is 7.54. The number of hydrogen-bond donors (Lipinski definition) is 0. The highest BCUT2D eigenvalue weighted by Crippen LogP contribution is 2.41. The second kappa shape index (κ2) is 6.84. The zero-order valence-electron chi connectivity index (χ0n) is 12.4. The van der Waals surface area contributed by atoms with E-state index in [0.29, 0.717) is 43.7 Å². The molecule has 0 unspecified atom stereocenters. The summed E-state index contributed by atoms with van der Waals surface area (Å²) < 4.78 is 71.6. The lowest BCUT2D eigenvalue weighted by atomic mass is 9.79. The van der Waals surface area contributed by atoms with Crippen LogP contribution in [0.5, 0.6) is 5.75 Å². The maximum atomic E-state index is 14.1. The first-order valence-corrected chi connectivity index (χ1v) is 7.54. The molecule has 1 fully saturated rings. The zero-order valence-corrected chi connectivity index (χ0v) is 12.4. The lowest BCUT2D eigenvalue weighted by molar-refractivity contribution is -0.223. The smallest absolute Gasteiger partial charge is 0.400 e. The number of benzene rings is 1. The standard InChI is InChI=1S/C16H19F5O/c1-2-3-10-4-6-11(7-5-10)16(20,21)22-12-8-13(17)15(19)14(18)9-12/h8-11H,2-7H2,1H3. The molecule has 1 aliphatic rings. The van der Waals surface area contributed by atoms with E-state index >= 15 is 0 Å². The van der Waals surface area contributed by atoms with E-state index in [-0.39, 0.29) is 0 Å². The van der Waals surface area contributed by atoms with Gasteiger partial charge in [0.05, 0.1) is 5.92 Å². The highest BCUT2D eigenvalue weighted by Gasteiger charge is 2.44. The number of ether oxygens (including phenoxy) is 1. The molecule has 0 N–H and O–H groups in total. The summed E-state index contributed by atoms with van der Waals surface area (Å²) in [6, 6.07) is 0.879. The molecule has 1 aromatic rings. The summed E-state index contributed by atoms with van der Waals surface area (Å²) in [4.78, 5) is 0. The Labute approximate surface area is 126 Å². The van der Waals surface area contributed by atoms with Crippen LogP contribution in [-0.2, 0) is 0 Å². The second-order valence-corrected chi connectivity index (χ2v) is 5.87. The molecule has 0 radical (unpaired) electrons. The number of hydrogen-bond acceptors (Lipinski definition) is 1. The average Bonchev–Trinajstić information content (AvgIpc) is 2.45. The fourth-order valence-electron chi connectivity index (χ4n) is 3.03. The Balaban J connectivity index is 2.02. The van der Waals surface area contributed by atoms with Gasteiger partial charge < -0.3 is 4.74 Å². The highest BCUT2D eigenvalue weighted by atomic mass is 19.3. The molecular weight excluding hydrogens is 303 g/mol. The van der Waals surface area contributed by atoms with Gasteiger partial charge in [0.15, 0.2) is 17.5 Å². The van der Waals surface area contributed by atoms with Crippen molar-refractivity contribution in [3.63, 3.8) is 0 Å². The fraction of sp³-hybridized carbons (Fsp3) is 0.625. The van der Waals surface area contributed by atoms with Crippen LogP contribution < -0.4 is 4.74 Å². The van der Waals surface area contributed by atoms with Gasteiger partial charge in [-0.15, -0.1) is 0 Å². The van der Waals surface area contributed by atoms with E-state index in [1.165, 1.54) is 0 Å². The monoisotopic (exact) mass is 322 g/mol. The predicted molar refractivity (Wildman–Crippen MR) is 72.2 cm³/mol. The number of alkyl halides is 2. The third kappa shape index (κ3) is 3.90. The van der Waals surface area contributed by atoms with Crippen LogP contribution in [0.1, 0.15) is 45.4 Å². The molecular formula is C16H19F5O. The molecule has 1 nitrogen and oxygen atoms in total. The molecule has 0 atom stereocenters. The van der Waals surface area contributed by atoms with Crippen LogP contribution in [0.4, 0.5) is 22.0 Å². The third-order valence-corrected chi connectivity index (χ3v) is 4.23. The first-order chi connectivity index (χ1) is 10.3. The van der Waals surface area contributed by atoms with Crippen molar-refractivity contribution >= 4 is 0 Å². The SMILES string of the molecule is CCCC1CCC(C(F)(F)Oc2cc(F)c(F)c(F)c2)CC1. The molecule has 0 amide bonds. The summed E-state index contributed by atoms with van der Waals surface area (Å²) in [6.45, 7) is 2.06. The maximum Gasteiger partial charge on any atom is 0.400 e. The van der Waals surface area contributed by atoms with Gasteiger partial charge in [0.1, 0.15) is 5.75 Å². The van der Waals surface area contributed by atoms with Gasteiger partial charge in [0.25, 0.3) is 0 Å². The Morgan fingerprint density at radius 2 is 1.59 bits per heavy atom. The molecule has 0 aliphatic heterocycles. The van der Waals surface area contributed by atoms with Gasteiger partial charge in [-0.2, -0.15) is 8.78 Å². The minimum Gasteiger partial charge on any atom is -0.432 e. The van der Waals surface area contributed by atoms with E-state index in [4.69, 9.17) is 0 Å².